The Bertz CT molecular complexity index is 1120. The first-order chi connectivity index (χ1) is 13.1. The minimum absolute atomic E-state index is 0.000247. The van der Waals surface area contributed by atoms with Gasteiger partial charge in [0.05, 0.1) is 4.90 Å². The van der Waals surface area contributed by atoms with Crippen LogP contribution in [-0.4, -0.2) is 35.0 Å². The van der Waals surface area contributed by atoms with Crippen LogP contribution in [0, 0.1) is 6.92 Å². The SMILES string of the molecule is Cc1nc(-c2cccc(NC(=O)c3ccc(S(=O)(=O)C(F)(F)F)cc3)c2)n[nH]1. The molecule has 1 aromatic heterocycles. The molecule has 1 amide bonds. The monoisotopic (exact) mass is 410 g/mol. The number of aromatic nitrogens is 3. The van der Waals surface area contributed by atoms with Crippen molar-refractivity contribution in [2.75, 3.05) is 5.32 Å². The largest absolute Gasteiger partial charge is 0.501 e. The first-order valence-corrected chi connectivity index (χ1v) is 9.28. The maximum absolute atomic E-state index is 12.6. The summed E-state index contributed by atoms with van der Waals surface area (Å²) >= 11 is 0. The summed E-state index contributed by atoms with van der Waals surface area (Å²) < 4.78 is 60.4. The van der Waals surface area contributed by atoms with Gasteiger partial charge in [0, 0.05) is 16.8 Å². The van der Waals surface area contributed by atoms with Crippen molar-refractivity contribution in [1.29, 1.82) is 0 Å². The van der Waals surface area contributed by atoms with Gasteiger partial charge in [-0.1, -0.05) is 12.1 Å². The Morgan fingerprint density at radius 2 is 1.79 bits per heavy atom. The number of hydrogen-bond acceptors (Lipinski definition) is 5. The second-order valence-electron chi connectivity index (χ2n) is 5.75. The van der Waals surface area contributed by atoms with E-state index in [9.17, 15) is 26.4 Å². The number of sulfone groups is 1. The highest BCUT2D eigenvalue weighted by Crippen LogP contribution is 2.30. The number of nitrogens with zero attached hydrogens (tertiary/aromatic N) is 2. The number of alkyl halides is 3. The minimum Gasteiger partial charge on any atom is -0.322 e. The molecule has 3 rings (SSSR count). The standard InChI is InChI=1S/C17H13F3N4O3S/c1-10-21-15(24-23-10)12-3-2-4-13(9-12)22-16(25)11-5-7-14(8-6-11)28(26,27)17(18,19)20/h2-9H,1H3,(H,22,25)(H,21,23,24). The lowest BCUT2D eigenvalue weighted by Gasteiger charge is -2.09. The van der Waals surface area contributed by atoms with Crippen LogP contribution >= 0.6 is 0 Å². The normalized spacial score (nSPS) is 12.0. The number of carbonyl (C=O) groups is 1. The molecule has 0 aliphatic rings. The number of nitrogens with one attached hydrogen (secondary N) is 2. The summed E-state index contributed by atoms with van der Waals surface area (Å²) in [4.78, 5) is 15.6. The number of rotatable bonds is 4. The van der Waals surface area contributed by atoms with Gasteiger partial charge in [-0.2, -0.15) is 18.3 Å². The Labute approximate surface area is 157 Å². The molecule has 0 saturated carbocycles. The average Bonchev–Trinajstić information content (AvgIpc) is 3.07. The van der Waals surface area contributed by atoms with Gasteiger partial charge in [-0.05, 0) is 43.3 Å². The van der Waals surface area contributed by atoms with Crippen LogP contribution in [0.3, 0.4) is 0 Å². The molecule has 0 bridgehead atoms. The van der Waals surface area contributed by atoms with Crippen LogP contribution in [0.1, 0.15) is 16.2 Å². The summed E-state index contributed by atoms with van der Waals surface area (Å²) in [6, 6.07) is 10.2. The number of amides is 1. The van der Waals surface area contributed by atoms with E-state index in [0.29, 0.717) is 22.9 Å². The highest BCUT2D eigenvalue weighted by atomic mass is 32.2. The Kier molecular flexibility index (Phi) is 4.94. The summed E-state index contributed by atoms with van der Waals surface area (Å²) in [5.74, 6) is 0.452. The van der Waals surface area contributed by atoms with E-state index in [1.54, 1.807) is 31.2 Å². The number of anilines is 1. The fraction of sp³-hybridized carbons (Fsp3) is 0.118. The van der Waals surface area contributed by atoms with E-state index < -0.39 is 26.1 Å². The first-order valence-electron chi connectivity index (χ1n) is 7.80. The van der Waals surface area contributed by atoms with Gasteiger partial charge in [-0.3, -0.25) is 9.89 Å². The third kappa shape index (κ3) is 3.88. The van der Waals surface area contributed by atoms with Crippen molar-refractivity contribution in [3.8, 4) is 11.4 Å². The fourth-order valence-electron chi connectivity index (χ4n) is 2.33. The molecule has 1 heterocycles. The summed E-state index contributed by atoms with van der Waals surface area (Å²) in [6.07, 6.45) is 0. The number of H-pyrrole nitrogens is 1. The molecular formula is C17H13F3N4O3S. The van der Waals surface area contributed by atoms with Crippen LogP contribution in [0.4, 0.5) is 18.9 Å². The molecule has 0 fully saturated rings. The molecule has 0 saturated heterocycles. The maximum atomic E-state index is 12.6. The third-order valence-corrected chi connectivity index (χ3v) is 5.21. The van der Waals surface area contributed by atoms with Gasteiger partial charge in [-0.25, -0.2) is 13.4 Å². The molecule has 11 heteroatoms. The molecular weight excluding hydrogens is 397 g/mol. The van der Waals surface area contributed by atoms with Crippen molar-refractivity contribution >= 4 is 21.4 Å². The van der Waals surface area contributed by atoms with Gasteiger partial charge < -0.3 is 5.32 Å². The molecule has 0 aliphatic carbocycles. The number of aryl methyl sites for hydroxylation is 1. The van der Waals surface area contributed by atoms with E-state index in [2.05, 4.69) is 20.5 Å². The van der Waals surface area contributed by atoms with E-state index in [1.807, 2.05) is 0 Å². The van der Waals surface area contributed by atoms with Crippen molar-refractivity contribution in [1.82, 2.24) is 15.2 Å². The van der Waals surface area contributed by atoms with E-state index in [0.717, 1.165) is 24.3 Å². The number of carbonyl (C=O) groups excluding carboxylic acids is 1. The van der Waals surface area contributed by atoms with E-state index in [-0.39, 0.29) is 5.56 Å². The summed E-state index contributed by atoms with van der Waals surface area (Å²) in [5, 5.41) is 9.31. The van der Waals surface area contributed by atoms with Crippen molar-refractivity contribution in [2.45, 2.75) is 17.3 Å². The van der Waals surface area contributed by atoms with Gasteiger partial charge in [0.2, 0.25) is 0 Å². The number of halogens is 3. The third-order valence-electron chi connectivity index (χ3n) is 3.71. The zero-order valence-electron chi connectivity index (χ0n) is 14.3. The number of aromatic amines is 1. The van der Waals surface area contributed by atoms with Crippen LogP contribution in [0.25, 0.3) is 11.4 Å². The van der Waals surface area contributed by atoms with E-state index >= 15 is 0 Å². The van der Waals surface area contributed by atoms with E-state index in [1.165, 1.54) is 0 Å². The molecule has 0 unspecified atom stereocenters. The molecule has 2 aromatic carbocycles. The molecule has 146 valence electrons. The van der Waals surface area contributed by atoms with Crippen molar-refractivity contribution in [2.24, 2.45) is 0 Å². The number of benzene rings is 2. The zero-order chi connectivity index (χ0) is 20.5. The van der Waals surface area contributed by atoms with Gasteiger partial charge in [0.25, 0.3) is 15.7 Å². The highest BCUT2D eigenvalue weighted by molar-refractivity contribution is 7.92. The Hall–Kier alpha value is -3.21. The molecule has 2 N–H and O–H groups in total. The summed E-state index contributed by atoms with van der Waals surface area (Å²) in [5.41, 5.74) is -4.35. The molecule has 0 aliphatic heterocycles. The molecule has 0 radical (unpaired) electrons. The first kappa shape index (κ1) is 19.5. The van der Waals surface area contributed by atoms with Gasteiger partial charge in [-0.15, -0.1) is 0 Å². The molecule has 0 spiro atoms. The molecule has 0 atom stereocenters. The zero-order valence-corrected chi connectivity index (χ0v) is 15.1. The molecule has 3 aromatic rings. The predicted octanol–water partition coefficient (Wildman–Crippen LogP) is 3.33. The Morgan fingerprint density at radius 3 is 2.36 bits per heavy atom. The topological polar surface area (TPSA) is 105 Å². The Morgan fingerprint density at radius 1 is 1.11 bits per heavy atom. The molecule has 7 nitrogen and oxygen atoms in total. The summed E-state index contributed by atoms with van der Waals surface area (Å²) in [7, 11) is -5.46. The van der Waals surface area contributed by atoms with Gasteiger partial charge in [0.15, 0.2) is 5.82 Å². The van der Waals surface area contributed by atoms with Crippen molar-refractivity contribution in [3.63, 3.8) is 0 Å². The van der Waals surface area contributed by atoms with Crippen molar-refractivity contribution in [3.05, 3.63) is 59.9 Å². The minimum atomic E-state index is -5.46. The lowest BCUT2D eigenvalue weighted by Crippen LogP contribution is -2.23. The summed E-state index contributed by atoms with van der Waals surface area (Å²) in [6.45, 7) is 1.74. The highest BCUT2D eigenvalue weighted by Gasteiger charge is 2.46. The van der Waals surface area contributed by atoms with Gasteiger partial charge in [0.1, 0.15) is 5.82 Å². The van der Waals surface area contributed by atoms with Crippen molar-refractivity contribution < 1.29 is 26.4 Å². The number of hydrogen-bond donors (Lipinski definition) is 2. The fourth-order valence-corrected chi connectivity index (χ4v) is 3.09. The molecule has 28 heavy (non-hydrogen) atoms. The average molecular weight is 410 g/mol. The van der Waals surface area contributed by atoms with Gasteiger partial charge >= 0.3 is 5.51 Å². The smallest absolute Gasteiger partial charge is 0.322 e. The quantitative estimate of drug-likeness (QED) is 0.687. The second-order valence-corrected chi connectivity index (χ2v) is 7.69. The van der Waals surface area contributed by atoms with Crippen LogP contribution < -0.4 is 5.32 Å². The lowest BCUT2D eigenvalue weighted by molar-refractivity contribution is -0.0436. The Balaban J connectivity index is 1.79. The van der Waals surface area contributed by atoms with Crippen LogP contribution in [0.2, 0.25) is 0 Å². The lowest BCUT2D eigenvalue weighted by atomic mass is 10.1. The predicted molar refractivity (Wildman–Crippen MR) is 94.2 cm³/mol. The maximum Gasteiger partial charge on any atom is 0.501 e. The second kappa shape index (κ2) is 7.08. The van der Waals surface area contributed by atoms with Crippen LogP contribution in [-0.2, 0) is 9.84 Å². The van der Waals surface area contributed by atoms with Crippen LogP contribution in [0.5, 0.6) is 0 Å². The van der Waals surface area contributed by atoms with E-state index in [4.69, 9.17) is 0 Å². The van der Waals surface area contributed by atoms with Crippen LogP contribution in [0.15, 0.2) is 53.4 Å².